The Kier molecular flexibility index (Phi) is 5.26. The van der Waals surface area contributed by atoms with Crippen molar-refractivity contribution in [2.24, 2.45) is 11.7 Å². The average molecular weight is 278 g/mol. The van der Waals surface area contributed by atoms with Crippen molar-refractivity contribution in [3.05, 3.63) is 23.8 Å². The summed E-state index contributed by atoms with van der Waals surface area (Å²) >= 11 is 0. The molecule has 0 amide bonds. The largest absolute Gasteiger partial charge is 0.508 e. The predicted molar refractivity (Wildman–Crippen MR) is 81.0 cm³/mol. The number of ether oxygens (including phenoxy) is 1. The van der Waals surface area contributed by atoms with E-state index in [0.29, 0.717) is 11.7 Å². The number of benzene rings is 1. The molecule has 1 heterocycles. The lowest BCUT2D eigenvalue weighted by atomic mass is 9.92. The van der Waals surface area contributed by atoms with Gasteiger partial charge >= 0.3 is 0 Å². The Hall–Kier alpha value is -1.26. The van der Waals surface area contributed by atoms with Crippen LogP contribution >= 0.6 is 0 Å². The highest BCUT2D eigenvalue weighted by Gasteiger charge is 2.25. The molecule has 1 aliphatic rings. The molecule has 3 N–H and O–H groups in total. The molecular formula is C16H26N2O2. The zero-order valence-electron chi connectivity index (χ0n) is 12.5. The van der Waals surface area contributed by atoms with Crippen molar-refractivity contribution in [2.45, 2.75) is 32.2 Å². The first kappa shape index (κ1) is 15.1. The first-order chi connectivity index (χ1) is 9.65. The number of hydrogen-bond donors (Lipinski definition) is 2. The van der Waals surface area contributed by atoms with Gasteiger partial charge in [0.15, 0.2) is 0 Å². The summed E-state index contributed by atoms with van der Waals surface area (Å²) in [6.45, 7) is 5.06. The van der Waals surface area contributed by atoms with E-state index in [-0.39, 0.29) is 6.04 Å². The number of rotatable bonds is 5. The van der Waals surface area contributed by atoms with E-state index in [1.165, 1.54) is 12.8 Å². The van der Waals surface area contributed by atoms with Crippen molar-refractivity contribution in [1.82, 2.24) is 4.90 Å². The SMILES string of the molecule is COc1ccc(O)c(C(C)N2CCCC(CCN)C2)c1. The second kappa shape index (κ2) is 6.95. The molecule has 4 heteroatoms. The van der Waals surface area contributed by atoms with Gasteiger partial charge in [0, 0.05) is 18.2 Å². The Bertz CT molecular complexity index is 434. The van der Waals surface area contributed by atoms with E-state index in [0.717, 1.165) is 37.4 Å². The van der Waals surface area contributed by atoms with Crippen LogP contribution in [-0.4, -0.2) is 36.8 Å². The number of aromatic hydroxyl groups is 1. The summed E-state index contributed by atoms with van der Waals surface area (Å²) in [6.07, 6.45) is 3.57. The van der Waals surface area contributed by atoms with Crippen LogP contribution < -0.4 is 10.5 Å². The fourth-order valence-corrected chi connectivity index (χ4v) is 3.11. The summed E-state index contributed by atoms with van der Waals surface area (Å²) in [6, 6.07) is 5.64. The van der Waals surface area contributed by atoms with Crippen molar-refractivity contribution >= 4 is 0 Å². The maximum atomic E-state index is 10.1. The third-order valence-electron chi connectivity index (χ3n) is 4.36. The van der Waals surface area contributed by atoms with Gasteiger partial charge in [0.1, 0.15) is 11.5 Å². The molecule has 1 fully saturated rings. The zero-order chi connectivity index (χ0) is 14.5. The minimum absolute atomic E-state index is 0.200. The first-order valence-corrected chi connectivity index (χ1v) is 7.46. The molecule has 0 bridgehead atoms. The number of phenols is 1. The summed E-state index contributed by atoms with van der Waals surface area (Å²) in [4.78, 5) is 2.44. The highest BCUT2D eigenvalue weighted by molar-refractivity contribution is 5.41. The van der Waals surface area contributed by atoms with Gasteiger partial charge in [0.25, 0.3) is 0 Å². The van der Waals surface area contributed by atoms with E-state index < -0.39 is 0 Å². The second-order valence-corrected chi connectivity index (χ2v) is 5.68. The Balaban J connectivity index is 2.11. The maximum Gasteiger partial charge on any atom is 0.120 e. The fourth-order valence-electron chi connectivity index (χ4n) is 3.11. The van der Waals surface area contributed by atoms with E-state index in [1.54, 1.807) is 19.2 Å². The standard InChI is InChI=1S/C16H26N2O2/c1-12(15-10-14(20-2)5-6-16(15)19)18-9-3-4-13(11-18)7-8-17/h5-6,10,12-13,19H,3-4,7-9,11,17H2,1-2H3. The molecule has 1 saturated heterocycles. The number of hydrogen-bond acceptors (Lipinski definition) is 4. The summed E-state index contributed by atoms with van der Waals surface area (Å²) in [7, 11) is 1.65. The third-order valence-corrected chi connectivity index (χ3v) is 4.36. The quantitative estimate of drug-likeness (QED) is 0.869. The van der Waals surface area contributed by atoms with E-state index in [1.807, 2.05) is 6.07 Å². The summed E-state index contributed by atoms with van der Waals surface area (Å²) in [5.41, 5.74) is 6.62. The lowest BCUT2D eigenvalue weighted by Gasteiger charge is -2.37. The number of nitrogens with zero attached hydrogens (tertiary/aromatic N) is 1. The normalized spacial score (nSPS) is 21.6. The van der Waals surface area contributed by atoms with Gasteiger partial charge in [-0.3, -0.25) is 4.90 Å². The lowest BCUT2D eigenvalue weighted by Crippen LogP contribution is -2.37. The number of nitrogens with two attached hydrogens (primary N) is 1. The van der Waals surface area contributed by atoms with Crippen molar-refractivity contribution < 1.29 is 9.84 Å². The van der Waals surface area contributed by atoms with E-state index >= 15 is 0 Å². The summed E-state index contributed by atoms with van der Waals surface area (Å²) in [5, 5.41) is 10.1. The number of piperidine rings is 1. The molecule has 1 aromatic carbocycles. The molecule has 112 valence electrons. The number of phenolic OH excluding ortho intramolecular Hbond substituents is 1. The highest BCUT2D eigenvalue weighted by Crippen LogP contribution is 2.34. The molecule has 2 rings (SSSR count). The van der Waals surface area contributed by atoms with Gasteiger partial charge in [-0.05, 0) is 63.4 Å². The van der Waals surface area contributed by atoms with Crippen LogP contribution in [0.15, 0.2) is 18.2 Å². The lowest BCUT2D eigenvalue weighted by molar-refractivity contribution is 0.126. The molecule has 0 spiro atoms. The minimum atomic E-state index is 0.200. The predicted octanol–water partition coefficient (Wildman–Crippen LogP) is 2.52. The van der Waals surface area contributed by atoms with Crippen molar-refractivity contribution in [1.29, 1.82) is 0 Å². The number of methoxy groups -OCH3 is 1. The molecule has 1 aromatic rings. The van der Waals surface area contributed by atoms with Gasteiger partial charge in [-0.2, -0.15) is 0 Å². The Labute approximate surface area is 121 Å². The fraction of sp³-hybridized carbons (Fsp3) is 0.625. The van der Waals surface area contributed by atoms with Crippen LogP contribution in [0.4, 0.5) is 0 Å². The van der Waals surface area contributed by atoms with Crippen LogP contribution in [0.3, 0.4) is 0 Å². The van der Waals surface area contributed by atoms with Crippen LogP contribution in [0.2, 0.25) is 0 Å². The highest BCUT2D eigenvalue weighted by atomic mass is 16.5. The molecule has 4 nitrogen and oxygen atoms in total. The second-order valence-electron chi connectivity index (χ2n) is 5.68. The minimum Gasteiger partial charge on any atom is -0.508 e. The van der Waals surface area contributed by atoms with Crippen LogP contribution in [0.25, 0.3) is 0 Å². The Morgan fingerprint density at radius 1 is 1.50 bits per heavy atom. The van der Waals surface area contributed by atoms with Gasteiger partial charge in [-0.1, -0.05) is 0 Å². The third kappa shape index (κ3) is 3.44. The van der Waals surface area contributed by atoms with Gasteiger partial charge in [-0.25, -0.2) is 0 Å². The smallest absolute Gasteiger partial charge is 0.120 e. The molecule has 0 aromatic heterocycles. The van der Waals surface area contributed by atoms with Gasteiger partial charge in [0.2, 0.25) is 0 Å². The molecule has 2 atom stereocenters. The molecule has 2 unspecified atom stereocenters. The van der Waals surface area contributed by atoms with E-state index in [4.69, 9.17) is 10.5 Å². The van der Waals surface area contributed by atoms with Crippen molar-refractivity contribution in [3.8, 4) is 11.5 Å². The molecular weight excluding hydrogens is 252 g/mol. The summed E-state index contributed by atoms with van der Waals surface area (Å²) < 4.78 is 5.26. The molecule has 20 heavy (non-hydrogen) atoms. The Morgan fingerprint density at radius 3 is 3.00 bits per heavy atom. The monoisotopic (exact) mass is 278 g/mol. The van der Waals surface area contributed by atoms with E-state index in [2.05, 4.69) is 11.8 Å². The zero-order valence-corrected chi connectivity index (χ0v) is 12.5. The van der Waals surface area contributed by atoms with Gasteiger partial charge < -0.3 is 15.6 Å². The van der Waals surface area contributed by atoms with Crippen molar-refractivity contribution in [2.75, 3.05) is 26.7 Å². The van der Waals surface area contributed by atoms with Crippen LogP contribution in [0.1, 0.15) is 37.8 Å². The van der Waals surface area contributed by atoms with Crippen molar-refractivity contribution in [3.63, 3.8) is 0 Å². The molecule has 0 aliphatic carbocycles. The maximum absolute atomic E-state index is 10.1. The van der Waals surface area contributed by atoms with Crippen LogP contribution in [0, 0.1) is 5.92 Å². The van der Waals surface area contributed by atoms with Gasteiger partial charge in [0.05, 0.1) is 7.11 Å². The first-order valence-electron chi connectivity index (χ1n) is 7.46. The van der Waals surface area contributed by atoms with Crippen LogP contribution in [0.5, 0.6) is 11.5 Å². The molecule has 0 saturated carbocycles. The Morgan fingerprint density at radius 2 is 2.30 bits per heavy atom. The van der Waals surface area contributed by atoms with Crippen LogP contribution in [-0.2, 0) is 0 Å². The molecule has 1 aliphatic heterocycles. The summed E-state index contributed by atoms with van der Waals surface area (Å²) in [5.74, 6) is 1.82. The average Bonchev–Trinajstić information content (AvgIpc) is 2.48. The molecule has 0 radical (unpaired) electrons. The van der Waals surface area contributed by atoms with Gasteiger partial charge in [-0.15, -0.1) is 0 Å². The topological polar surface area (TPSA) is 58.7 Å². The van der Waals surface area contributed by atoms with E-state index in [9.17, 15) is 5.11 Å². The number of likely N-dealkylation sites (tertiary alicyclic amines) is 1.